The van der Waals surface area contributed by atoms with E-state index in [1.165, 1.54) is 7.11 Å². The number of rotatable bonds is 4. The number of hydrogen-bond donors (Lipinski definition) is 0. The van der Waals surface area contributed by atoms with Crippen LogP contribution in [0.1, 0.15) is 12.5 Å². The van der Waals surface area contributed by atoms with Crippen LogP contribution in [0, 0.1) is 0 Å². The number of carbonyl (C=O) groups excluding carboxylic acids is 1. The summed E-state index contributed by atoms with van der Waals surface area (Å²) in [5.41, 5.74) is 0.948. The molecule has 0 aliphatic heterocycles. The van der Waals surface area contributed by atoms with E-state index >= 15 is 0 Å². The smallest absolute Gasteiger partial charge is 0.343 e. The molecule has 0 N–H and O–H groups in total. The van der Waals surface area contributed by atoms with Gasteiger partial charge in [0.25, 0.3) is 0 Å². The average Bonchev–Trinajstić information content (AvgIpc) is 2.28. The molecule has 0 spiro atoms. The minimum atomic E-state index is -0.384. The molecule has 0 radical (unpaired) electrons. The summed E-state index contributed by atoms with van der Waals surface area (Å²) in [5, 5.41) is 0. The van der Waals surface area contributed by atoms with Gasteiger partial charge in [0.1, 0.15) is 5.75 Å². The first-order valence-corrected chi connectivity index (χ1v) is 4.69. The molecular weight excluding hydrogens is 192 g/mol. The third-order valence-corrected chi connectivity index (χ3v) is 1.84. The molecule has 3 heteroatoms. The van der Waals surface area contributed by atoms with Crippen LogP contribution in [0.5, 0.6) is 5.75 Å². The summed E-state index contributed by atoms with van der Waals surface area (Å²) in [6, 6.07) is 7.52. The number of methoxy groups -OCH3 is 1. The van der Waals surface area contributed by atoms with Crippen molar-refractivity contribution in [2.75, 3.05) is 13.7 Å². The lowest BCUT2D eigenvalue weighted by Gasteiger charge is -2.07. The topological polar surface area (TPSA) is 35.5 Å². The van der Waals surface area contributed by atoms with E-state index in [4.69, 9.17) is 4.74 Å². The van der Waals surface area contributed by atoms with Crippen molar-refractivity contribution < 1.29 is 14.3 Å². The predicted octanol–water partition coefficient (Wildman–Crippen LogP) is 2.27. The standard InChI is InChI=1S/C12H14O3/c1-3-6-10-7-4-5-8-11(10)15-9-12(13)14-2/h3-8H,9H2,1-2H3. The monoisotopic (exact) mass is 206 g/mol. The lowest BCUT2D eigenvalue weighted by molar-refractivity contribution is -0.142. The Bertz CT molecular complexity index is 356. The maximum Gasteiger partial charge on any atom is 0.343 e. The van der Waals surface area contributed by atoms with Gasteiger partial charge in [-0.05, 0) is 13.0 Å². The van der Waals surface area contributed by atoms with Gasteiger partial charge >= 0.3 is 5.97 Å². The number of ether oxygens (including phenoxy) is 2. The summed E-state index contributed by atoms with van der Waals surface area (Å²) in [5.74, 6) is 0.297. The molecule has 1 aromatic rings. The van der Waals surface area contributed by atoms with Crippen LogP contribution in [0.15, 0.2) is 30.3 Å². The second kappa shape index (κ2) is 5.86. The molecule has 0 saturated heterocycles. The molecule has 0 aliphatic carbocycles. The van der Waals surface area contributed by atoms with Crippen molar-refractivity contribution in [2.24, 2.45) is 0 Å². The fraction of sp³-hybridized carbons (Fsp3) is 0.250. The number of esters is 1. The molecular formula is C12H14O3. The Hall–Kier alpha value is -1.77. The van der Waals surface area contributed by atoms with Gasteiger partial charge in [-0.2, -0.15) is 0 Å². The van der Waals surface area contributed by atoms with Crippen LogP contribution in [0.3, 0.4) is 0 Å². The van der Waals surface area contributed by atoms with Crippen molar-refractivity contribution in [3.63, 3.8) is 0 Å². The fourth-order valence-electron chi connectivity index (χ4n) is 1.12. The summed E-state index contributed by atoms with van der Waals surface area (Å²) in [4.78, 5) is 10.9. The van der Waals surface area contributed by atoms with Crippen LogP contribution < -0.4 is 4.74 Å². The zero-order valence-corrected chi connectivity index (χ0v) is 8.90. The van der Waals surface area contributed by atoms with E-state index in [1.54, 1.807) is 0 Å². The van der Waals surface area contributed by atoms with Crippen molar-refractivity contribution >= 4 is 12.0 Å². The van der Waals surface area contributed by atoms with Crippen LogP contribution in [-0.4, -0.2) is 19.7 Å². The molecule has 1 rings (SSSR count). The Kier molecular flexibility index (Phi) is 4.41. The van der Waals surface area contributed by atoms with Gasteiger partial charge in [-0.1, -0.05) is 30.4 Å². The van der Waals surface area contributed by atoms with E-state index in [0.717, 1.165) is 5.56 Å². The highest BCUT2D eigenvalue weighted by Gasteiger charge is 2.03. The molecule has 3 nitrogen and oxygen atoms in total. The number of para-hydroxylation sites is 1. The first kappa shape index (κ1) is 11.3. The molecule has 0 unspecified atom stereocenters. The molecule has 0 atom stereocenters. The Balaban J connectivity index is 2.71. The minimum Gasteiger partial charge on any atom is -0.481 e. The summed E-state index contributed by atoms with van der Waals surface area (Å²) >= 11 is 0. The van der Waals surface area contributed by atoms with Crippen LogP contribution >= 0.6 is 0 Å². The number of carbonyl (C=O) groups is 1. The normalized spacial score (nSPS) is 10.3. The van der Waals surface area contributed by atoms with E-state index in [1.807, 2.05) is 43.3 Å². The van der Waals surface area contributed by atoms with Crippen molar-refractivity contribution in [1.82, 2.24) is 0 Å². The highest BCUT2D eigenvalue weighted by molar-refractivity contribution is 5.71. The highest BCUT2D eigenvalue weighted by Crippen LogP contribution is 2.19. The molecule has 0 aromatic heterocycles. The zero-order chi connectivity index (χ0) is 11.1. The quantitative estimate of drug-likeness (QED) is 0.709. The Morgan fingerprint density at radius 3 is 2.80 bits per heavy atom. The van der Waals surface area contributed by atoms with E-state index < -0.39 is 0 Å². The molecule has 15 heavy (non-hydrogen) atoms. The first-order chi connectivity index (χ1) is 7.27. The van der Waals surface area contributed by atoms with Crippen molar-refractivity contribution in [1.29, 1.82) is 0 Å². The Morgan fingerprint density at radius 1 is 1.40 bits per heavy atom. The maximum atomic E-state index is 10.9. The number of allylic oxidation sites excluding steroid dienone is 1. The summed E-state index contributed by atoms with van der Waals surface area (Å²) in [7, 11) is 1.34. The molecule has 0 amide bonds. The highest BCUT2D eigenvalue weighted by atomic mass is 16.6. The lowest BCUT2D eigenvalue weighted by atomic mass is 10.2. The van der Waals surface area contributed by atoms with Gasteiger partial charge in [-0.3, -0.25) is 0 Å². The summed E-state index contributed by atoms with van der Waals surface area (Å²) < 4.78 is 9.81. The van der Waals surface area contributed by atoms with Crippen LogP contribution in [0.25, 0.3) is 6.08 Å². The first-order valence-electron chi connectivity index (χ1n) is 4.69. The predicted molar refractivity (Wildman–Crippen MR) is 58.7 cm³/mol. The fourth-order valence-corrected chi connectivity index (χ4v) is 1.12. The van der Waals surface area contributed by atoms with Gasteiger partial charge in [-0.15, -0.1) is 0 Å². The molecule has 80 valence electrons. The van der Waals surface area contributed by atoms with Gasteiger partial charge in [-0.25, -0.2) is 4.79 Å². The van der Waals surface area contributed by atoms with E-state index in [0.29, 0.717) is 5.75 Å². The van der Waals surface area contributed by atoms with Gasteiger partial charge in [0.15, 0.2) is 6.61 Å². The minimum absolute atomic E-state index is 0.0644. The maximum absolute atomic E-state index is 10.9. The van der Waals surface area contributed by atoms with Crippen molar-refractivity contribution in [3.8, 4) is 5.75 Å². The van der Waals surface area contributed by atoms with Crippen LogP contribution in [-0.2, 0) is 9.53 Å². The second-order valence-corrected chi connectivity index (χ2v) is 2.90. The van der Waals surface area contributed by atoms with E-state index in [2.05, 4.69) is 4.74 Å². The number of benzene rings is 1. The Labute approximate surface area is 89.3 Å². The molecule has 1 aromatic carbocycles. The van der Waals surface area contributed by atoms with Crippen molar-refractivity contribution in [2.45, 2.75) is 6.92 Å². The number of hydrogen-bond acceptors (Lipinski definition) is 3. The Morgan fingerprint density at radius 2 is 2.13 bits per heavy atom. The molecule has 0 saturated carbocycles. The van der Waals surface area contributed by atoms with E-state index in [-0.39, 0.29) is 12.6 Å². The summed E-state index contributed by atoms with van der Waals surface area (Å²) in [6.07, 6.45) is 3.84. The van der Waals surface area contributed by atoms with Gasteiger partial charge in [0.2, 0.25) is 0 Å². The zero-order valence-electron chi connectivity index (χ0n) is 8.90. The lowest BCUT2D eigenvalue weighted by Crippen LogP contribution is -2.12. The van der Waals surface area contributed by atoms with Crippen LogP contribution in [0.4, 0.5) is 0 Å². The third-order valence-electron chi connectivity index (χ3n) is 1.84. The van der Waals surface area contributed by atoms with Crippen LogP contribution in [0.2, 0.25) is 0 Å². The van der Waals surface area contributed by atoms with Crippen molar-refractivity contribution in [3.05, 3.63) is 35.9 Å². The van der Waals surface area contributed by atoms with Gasteiger partial charge in [0.05, 0.1) is 7.11 Å². The molecule has 0 heterocycles. The molecule has 0 fully saturated rings. The average molecular weight is 206 g/mol. The molecule has 0 bridgehead atoms. The van der Waals surface area contributed by atoms with E-state index in [9.17, 15) is 4.79 Å². The van der Waals surface area contributed by atoms with Gasteiger partial charge < -0.3 is 9.47 Å². The second-order valence-electron chi connectivity index (χ2n) is 2.90. The molecule has 0 aliphatic rings. The third kappa shape index (κ3) is 3.46. The van der Waals surface area contributed by atoms with Gasteiger partial charge in [0, 0.05) is 5.56 Å². The largest absolute Gasteiger partial charge is 0.481 e. The SMILES string of the molecule is CC=Cc1ccccc1OCC(=O)OC. The summed E-state index contributed by atoms with van der Waals surface area (Å²) in [6.45, 7) is 1.86.